The van der Waals surface area contributed by atoms with Crippen molar-refractivity contribution in [1.82, 2.24) is 0 Å². The number of nitrogens with one attached hydrogen (secondary N) is 1. The highest BCUT2D eigenvalue weighted by Crippen LogP contribution is 2.30. The molecule has 0 atom stereocenters. The van der Waals surface area contributed by atoms with Gasteiger partial charge in [-0.1, -0.05) is 61.3 Å². The van der Waals surface area contributed by atoms with Gasteiger partial charge in [0.05, 0.1) is 16.0 Å². The number of halogens is 2. The Kier molecular flexibility index (Phi) is 7.25. The van der Waals surface area contributed by atoms with E-state index in [2.05, 4.69) is 19.2 Å². The monoisotopic (exact) mass is 495 g/mol. The maximum Gasteiger partial charge on any atom is 0.262 e. The van der Waals surface area contributed by atoms with Crippen LogP contribution in [0, 0.1) is 0 Å². The van der Waals surface area contributed by atoms with Crippen LogP contribution in [0.15, 0.2) is 70.1 Å². The van der Waals surface area contributed by atoms with Crippen LogP contribution in [0.1, 0.15) is 25.0 Å². The average Bonchev–Trinajstić information content (AvgIpc) is 2.83. The number of hydrogen-bond acceptors (Lipinski definition) is 4. The van der Waals surface area contributed by atoms with Crippen LogP contribution in [0.4, 0.5) is 5.69 Å². The molecule has 0 aliphatic rings. The van der Waals surface area contributed by atoms with Gasteiger partial charge in [0, 0.05) is 22.3 Å². The Bertz CT molecular complexity index is 1410. The van der Waals surface area contributed by atoms with Gasteiger partial charge in [-0.05, 0) is 48.2 Å². The van der Waals surface area contributed by atoms with Gasteiger partial charge in [0.15, 0.2) is 6.61 Å². The Morgan fingerprint density at radius 3 is 2.38 bits per heavy atom. The van der Waals surface area contributed by atoms with E-state index < -0.39 is 0 Å². The molecule has 4 rings (SSSR count). The topological polar surface area (TPSA) is 68.5 Å². The van der Waals surface area contributed by atoms with Crippen molar-refractivity contribution in [3.63, 3.8) is 0 Å². The molecular formula is C27H23Cl2NO4. The van der Waals surface area contributed by atoms with Gasteiger partial charge in [-0.2, -0.15) is 0 Å². The molecule has 3 aromatic carbocycles. The molecule has 5 nitrogen and oxygen atoms in total. The highest BCUT2D eigenvalue weighted by molar-refractivity contribution is 6.36. The molecule has 1 N–H and O–H groups in total. The van der Waals surface area contributed by atoms with Gasteiger partial charge in [-0.25, -0.2) is 0 Å². The van der Waals surface area contributed by atoms with E-state index in [1.165, 1.54) is 6.26 Å². The molecule has 0 saturated carbocycles. The fourth-order valence-electron chi connectivity index (χ4n) is 3.82. The van der Waals surface area contributed by atoms with Gasteiger partial charge in [0.1, 0.15) is 17.6 Å². The van der Waals surface area contributed by atoms with Crippen molar-refractivity contribution in [2.45, 2.75) is 26.7 Å². The van der Waals surface area contributed by atoms with Crippen LogP contribution in [0.5, 0.6) is 5.75 Å². The summed E-state index contributed by atoms with van der Waals surface area (Å²) in [5.74, 6) is 0.160. The number of ether oxygens (including phenoxy) is 1. The van der Waals surface area contributed by atoms with Crippen molar-refractivity contribution < 1.29 is 13.9 Å². The molecule has 0 fully saturated rings. The van der Waals surface area contributed by atoms with E-state index in [1.54, 1.807) is 36.4 Å². The quantitative estimate of drug-likeness (QED) is 0.302. The van der Waals surface area contributed by atoms with Crippen LogP contribution in [0.25, 0.3) is 22.1 Å². The second kappa shape index (κ2) is 10.3. The number of fused-ring (bicyclic) bond motifs is 1. The summed E-state index contributed by atoms with van der Waals surface area (Å²) in [5.41, 5.74) is 4.01. The summed E-state index contributed by atoms with van der Waals surface area (Å²) < 4.78 is 11.4. The van der Waals surface area contributed by atoms with Crippen LogP contribution >= 0.6 is 23.2 Å². The molecule has 1 heterocycles. The van der Waals surface area contributed by atoms with Gasteiger partial charge in [-0.3, -0.25) is 9.59 Å². The molecule has 1 aromatic heterocycles. The first-order chi connectivity index (χ1) is 16.4. The van der Waals surface area contributed by atoms with Crippen molar-refractivity contribution in [2.75, 3.05) is 11.9 Å². The van der Waals surface area contributed by atoms with E-state index in [0.29, 0.717) is 37.9 Å². The third kappa shape index (κ3) is 4.96. The predicted octanol–water partition coefficient (Wildman–Crippen LogP) is 6.91. The number of aryl methyl sites for hydroxylation is 2. The van der Waals surface area contributed by atoms with E-state index >= 15 is 0 Å². The first kappa shape index (κ1) is 23.9. The molecule has 0 aliphatic heterocycles. The molecule has 0 spiro atoms. The number of para-hydroxylation sites is 1. The molecule has 7 heteroatoms. The van der Waals surface area contributed by atoms with E-state index in [0.717, 1.165) is 29.7 Å². The zero-order valence-corrected chi connectivity index (χ0v) is 20.3. The highest BCUT2D eigenvalue weighted by Gasteiger charge is 2.14. The van der Waals surface area contributed by atoms with Crippen LogP contribution in [-0.2, 0) is 17.6 Å². The fraction of sp³-hybridized carbons (Fsp3) is 0.185. The summed E-state index contributed by atoms with van der Waals surface area (Å²) in [6.07, 6.45) is 3.00. The summed E-state index contributed by atoms with van der Waals surface area (Å²) in [6, 6.07) is 15.8. The Balaban J connectivity index is 1.52. The molecular weight excluding hydrogens is 473 g/mol. The summed E-state index contributed by atoms with van der Waals surface area (Å²) in [6.45, 7) is 3.93. The Hall–Kier alpha value is -3.28. The minimum atomic E-state index is -0.259. The van der Waals surface area contributed by atoms with Crippen molar-refractivity contribution in [1.29, 1.82) is 0 Å². The Labute approximate surface area is 207 Å². The normalized spacial score (nSPS) is 10.9. The van der Waals surface area contributed by atoms with E-state index in [9.17, 15) is 9.59 Å². The van der Waals surface area contributed by atoms with Crippen molar-refractivity contribution in [3.8, 4) is 16.9 Å². The first-order valence-electron chi connectivity index (χ1n) is 11.0. The lowest BCUT2D eigenvalue weighted by atomic mass is 10.0. The number of amides is 1. The Morgan fingerprint density at radius 1 is 0.971 bits per heavy atom. The SMILES string of the molecule is CCc1cccc(CC)c1NC(=O)COc1ccc2c(=O)c(-c3ccc(Cl)cc3Cl)coc2c1. The molecule has 0 aliphatic carbocycles. The number of carbonyl (C=O) groups excluding carboxylic acids is 1. The minimum Gasteiger partial charge on any atom is -0.484 e. The van der Waals surface area contributed by atoms with Crippen molar-refractivity contribution >= 4 is 45.8 Å². The number of hydrogen-bond donors (Lipinski definition) is 1. The number of anilines is 1. The van der Waals surface area contributed by atoms with Crippen LogP contribution in [0.3, 0.4) is 0 Å². The lowest BCUT2D eigenvalue weighted by Crippen LogP contribution is -2.21. The molecule has 0 unspecified atom stereocenters. The van der Waals surface area contributed by atoms with Gasteiger partial charge in [0.25, 0.3) is 5.91 Å². The summed E-state index contributed by atoms with van der Waals surface area (Å²) in [7, 11) is 0. The molecule has 1 amide bonds. The van der Waals surface area contributed by atoms with Gasteiger partial charge < -0.3 is 14.5 Å². The standard InChI is InChI=1S/C27H23Cl2NO4/c1-3-16-6-5-7-17(4-2)26(16)30-25(31)15-33-19-9-11-21-24(13-19)34-14-22(27(21)32)20-10-8-18(28)12-23(20)29/h5-14H,3-4,15H2,1-2H3,(H,30,31). The lowest BCUT2D eigenvalue weighted by Gasteiger charge is -2.15. The zero-order valence-electron chi connectivity index (χ0n) is 18.8. The summed E-state index contributed by atoms with van der Waals surface area (Å²) in [5, 5.41) is 4.19. The molecule has 0 bridgehead atoms. The van der Waals surface area contributed by atoms with E-state index in [-0.39, 0.29) is 17.9 Å². The second-order valence-electron chi connectivity index (χ2n) is 7.76. The van der Waals surface area contributed by atoms with Gasteiger partial charge >= 0.3 is 0 Å². The molecule has 0 saturated heterocycles. The summed E-state index contributed by atoms with van der Waals surface area (Å²) >= 11 is 12.2. The number of rotatable bonds is 7. The van der Waals surface area contributed by atoms with Crippen molar-refractivity contribution in [3.05, 3.63) is 92.3 Å². The lowest BCUT2D eigenvalue weighted by molar-refractivity contribution is -0.118. The Morgan fingerprint density at radius 2 is 1.71 bits per heavy atom. The van der Waals surface area contributed by atoms with Crippen LogP contribution in [0.2, 0.25) is 10.0 Å². The van der Waals surface area contributed by atoms with Gasteiger partial charge in [0.2, 0.25) is 5.43 Å². The molecule has 34 heavy (non-hydrogen) atoms. The third-order valence-corrected chi connectivity index (χ3v) is 6.15. The predicted molar refractivity (Wildman–Crippen MR) is 137 cm³/mol. The smallest absolute Gasteiger partial charge is 0.262 e. The maximum atomic E-state index is 13.0. The number of benzene rings is 3. The van der Waals surface area contributed by atoms with E-state index in [1.807, 2.05) is 18.2 Å². The fourth-order valence-corrected chi connectivity index (χ4v) is 4.33. The van der Waals surface area contributed by atoms with Gasteiger partial charge in [-0.15, -0.1) is 0 Å². The minimum absolute atomic E-state index is 0.171. The highest BCUT2D eigenvalue weighted by atomic mass is 35.5. The average molecular weight is 496 g/mol. The first-order valence-corrected chi connectivity index (χ1v) is 11.7. The maximum absolute atomic E-state index is 13.0. The van der Waals surface area contributed by atoms with Crippen LogP contribution < -0.4 is 15.5 Å². The molecule has 174 valence electrons. The van der Waals surface area contributed by atoms with E-state index in [4.69, 9.17) is 32.4 Å². The molecule has 0 radical (unpaired) electrons. The molecule has 4 aromatic rings. The third-order valence-electron chi connectivity index (χ3n) is 5.60. The zero-order chi connectivity index (χ0) is 24.2. The largest absolute Gasteiger partial charge is 0.484 e. The number of carbonyl (C=O) groups is 1. The van der Waals surface area contributed by atoms with Crippen LogP contribution in [-0.4, -0.2) is 12.5 Å². The second-order valence-corrected chi connectivity index (χ2v) is 8.60. The summed E-state index contributed by atoms with van der Waals surface area (Å²) in [4.78, 5) is 25.6. The van der Waals surface area contributed by atoms with Crippen molar-refractivity contribution in [2.24, 2.45) is 0 Å².